The number of hydrogen-bond donors (Lipinski definition) is 2. The first-order valence-electron chi connectivity index (χ1n) is 8.90. The molecule has 26 heavy (non-hydrogen) atoms. The Bertz CT molecular complexity index is 733. The predicted octanol–water partition coefficient (Wildman–Crippen LogP) is 4.60. The highest BCUT2D eigenvalue weighted by molar-refractivity contribution is 8.02. The molecular formula is C18H23FN4OS2. The molecule has 8 heteroatoms. The molecule has 0 saturated heterocycles. The van der Waals surface area contributed by atoms with Gasteiger partial charge in [0, 0.05) is 12.2 Å². The molecule has 0 bridgehead atoms. The molecule has 5 nitrogen and oxygen atoms in total. The Balaban J connectivity index is 1.47. The minimum absolute atomic E-state index is 0.0374. The fraction of sp³-hybridized carbons (Fsp3) is 0.500. The van der Waals surface area contributed by atoms with Gasteiger partial charge in [0.2, 0.25) is 11.0 Å². The molecule has 1 aliphatic rings. The summed E-state index contributed by atoms with van der Waals surface area (Å²) in [6, 6.07) is 6.18. The second-order valence-corrected chi connectivity index (χ2v) is 9.08. The Kier molecular flexibility index (Phi) is 6.85. The monoisotopic (exact) mass is 394 g/mol. The van der Waals surface area contributed by atoms with Crippen molar-refractivity contribution in [3.63, 3.8) is 0 Å². The van der Waals surface area contributed by atoms with Crippen LogP contribution in [0.15, 0.2) is 28.6 Å². The summed E-state index contributed by atoms with van der Waals surface area (Å²) in [6.07, 6.45) is 6.30. The summed E-state index contributed by atoms with van der Waals surface area (Å²) in [4.78, 5) is 12.3. The molecule has 1 aromatic carbocycles. The van der Waals surface area contributed by atoms with Crippen LogP contribution in [0.5, 0.6) is 0 Å². The largest absolute Gasteiger partial charge is 0.355 e. The molecule has 3 rings (SSSR count). The number of anilines is 2. The summed E-state index contributed by atoms with van der Waals surface area (Å²) >= 11 is 2.74. The molecule has 140 valence electrons. The summed E-state index contributed by atoms with van der Waals surface area (Å²) < 4.78 is 13.9. The van der Waals surface area contributed by atoms with Crippen LogP contribution in [0.25, 0.3) is 0 Å². The number of hydrogen-bond acceptors (Lipinski definition) is 6. The van der Waals surface area contributed by atoms with Gasteiger partial charge < -0.3 is 10.6 Å². The van der Waals surface area contributed by atoms with Gasteiger partial charge in [-0.05, 0) is 43.9 Å². The molecule has 1 aliphatic carbocycles. The summed E-state index contributed by atoms with van der Waals surface area (Å²) in [6.45, 7) is 2.65. The second-order valence-electron chi connectivity index (χ2n) is 6.52. The smallest absolute Gasteiger partial charge is 0.233 e. The third-order valence-electron chi connectivity index (χ3n) is 4.42. The molecule has 1 heterocycles. The number of rotatable bonds is 7. The van der Waals surface area contributed by atoms with Crippen molar-refractivity contribution >= 4 is 39.8 Å². The highest BCUT2D eigenvalue weighted by Gasteiger charge is 2.19. The zero-order valence-electron chi connectivity index (χ0n) is 14.7. The molecule has 1 aromatic heterocycles. The molecule has 2 N–H and O–H groups in total. The minimum atomic E-state index is -0.308. The van der Waals surface area contributed by atoms with Crippen molar-refractivity contribution < 1.29 is 9.18 Å². The lowest BCUT2D eigenvalue weighted by Gasteiger charge is -2.22. The van der Waals surface area contributed by atoms with Crippen LogP contribution < -0.4 is 10.6 Å². The van der Waals surface area contributed by atoms with Gasteiger partial charge in [0.05, 0.1) is 5.25 Å². The Morgan fingerprint density at radius 1 is 1.35 bits per heavy atom. The van der Waals surface area contributed by atoms with E-state index in [0.29, 0.717) is 21.1 Å². The Labute approximate surface area is 161 Å². The van der Waals surface area contributed by atoms with Gasteiger partial charge in [0.1, 0.15) is 5.82 Å². The third kappa shape index (κ3) is 5.67. The molecule has 0 aliphatic heterocycles. The van der Waals surface area contributed by atoms with E-state index < -0.39 is 0 Å². The maximum atomic E-state index is 13.2. The van der Waals surface area contributed by atoms with E-state index in [0.717, 1.165) is 6.54 Å². The summed E-state index contributed by atoms with van der Waals surface area (Å²) in [7, 11) is 0. The normalized spacial score (nSPS) is 16.2. The first kappa shape index (κ1) is 19.1. The quantitative estimate of drug-likeness (QED) is 0.672. The SMILES string of the molecule is C[C@H](Sc1nnc(Nc2cccc(F)c2)s1)C(=O)NCC1CCCCC1. The molecule has 0 radical (unpaired) electrons. The number of halogens is 1. The minimum Gasteiger partial charge on any atom is -0.355 e. The van der Waals surface area contributed by atoms with Crippen molar-refractivity contribution in [3.05, 3.63) is 30.1 Å². The van der Waals surface area contributed by atoms with E-state index >= 15 is 0 Å². The molecule has 1 fully saturated rings. The van der Waals surface area contributed by atoms with Crippen molar-refractivity contribution in [2.45, 2.75) is 48.6 Å². The van der Waals surface area contributed by atoms with Gasteiger partial charge in [-0.15, -0.1) is 10.2 Å². The number of carbonyl (C=O) groups is 1. The van der Waals surface area contributed by atoms with E-state index in [9.17, 15) is 9.18 Å². The van der Waals surface area contributed by atoms with Gasteiger partial charge in [0.25, 0.3) is 0 Å². The number of nitrogens with zero attached hydrogens (tertiary/aromatic N) is 2. The van der Waals surface area contributed by atoms with Crippen LogP contribution in [0, 0.1) is 11.7 Å². The first-order valence-corrected chi connectivity index (χ1v) is 10.6. The average molecular weight is 395 g/mol. The summed E-state index contributed by atoms with van der Waals surface area (Å²) in [5.41, 5.74) is 0.621. The van der Waals surface area contributed by atoms with Crippen LogP contribution in [0.4, 0.5) is 15.2 Å². The number of thioether (sulfide) groups is 1. The number of amides is 1. The van der Waals surface area contributed by atoms with Crippen LogP contribution >= 0.6 is 23.1 Å². The van der Waals surface area contributed by atoms with Crippen molar-refractivity contribution in [2.75, 3.05) is 11.9 Å². The Morgan fingerprint density at radius 3 is 2.92 bits per heavy atom. The van der Waals surface area contributed by atoms with Crippen LogP contribution in [0.3, 0.4) is 0 Å². The van der Waals surface area contributed by atoms with E-state index in [1.165, 1.54) is 67.3 Å². The molecule has 2 aromatic rings. The molecule has 1 amide bonds. The fourth-order valence-corrected chi connectivity index (χ4v) is 4.92. The van der Waals surface area contributed by atoms with Gasteiger partial charge in [-0.2, -0.15) is 0 Å². The van der Waals surface area contributed by atoms with E-state index in [-0.39, 0.29) is 17.0 Å². The summed E-state index contributed by atoms with van der Waals surface area (Å²) in [5.74, 6) is 0.348. The van der Waals surface area contributed by atoms with Crippen molar-refractivity contribution in [3.8, 4) is 0 Å². The Hall–Kier alpha value is -1.67. The van der Waals surface area contributed by atoms with Gasteiger partial charge in [-0.1, -0.05) is 48.4 Å². The van der Waals surface area contributed by atoms with E-state index in [2.05, 4.69) is 20.8 Å². The van der Waals surface area contributed by atoms with E-state index in [1.54, 1.807) is 12.1 Å². The van der Waals surface area contributed by atoms with Crippen molar-refractivity contribution in [2.24, 2.45) is 5.92 Å². The van der Waals surface area contributed by atoms with Gasteiger partial charge in [-0.3, -0.25) is 4.79 Å². The van der Waals surface area contributed by atoms with Gasteiger partial charge in [-0.25, -0.2) is 4.39 Å². The maximum Gasteiger partial charge on any atom is 0.233 e. The van der Waals surface area contributed by atoms with Crippen molar-refractivity contribution in [1.82, 2.24) is 15.5 Å². The topological polar surface area (TPSA) is 66.9 Å². The number of aromatic nitrogens is 2. The van der Waals surface area contributed by atoms with Crippen LogP contribution in [-0.2, 0) is 4.79 Å². The molecule has 1 saturated carbocycles. The lowest BCUT2D eigenvalue weighted by Crippen LogP contribution is -2.35. The number of nitrogens with one attached hydrogen (secondary N) is 2. The van der Waals surface area contributed by atoms with Crippen molar-refractivity contribution in [1.29, 1.82) is 0 Å². The number of carbonyl (C=O) groups excluding carboxylic acids is 1. The second kappa shape index (κ2) is 9.32. The highest BCUT2D eigenvalue weighted by Crippen LogP contribution is 2.30. The van der Waals surface area contributed by atoms with Crippen LogP contribution in [0.2, 0.25) is 0 Å². The standard InChI is InChI=1S/C18H23FN4OS2/c1-12(16(24)20-11-13-6-3-2-4-7-13)25-18-23-22-17(26-18)21-15-9-5-8-14(19)10-15/h5,8-10,12-13H,2-4,6-7,11H2,1H3,(H,20,24)(H,21,22)/t12-/m0/s1. The van der Waals surface area contributed by atoms with Gasteiger partial charge in [0.15, 0.2) is 4.34 Å². The molecule has 0 unspecified atom stereocenters. The molecule has 1 atom stereocenters. The zero-order chi connectivity index (χ0) is 18.4. The van der Waals surface area contributed by atoms with Crippen LogP contribution in [0.1, 0.15) is 39.0 Å². The average Bonchev–Trinajstić information content (AvgIpc) is 3.07. The molecular weight excluding hydrogens is 371 g/mol. The maximum absolute atomic E-state index is 13.2. The Morgan fingerprint density at radius 2 is 2.15 bits per heavy atom. The van der Waals surface area contributed by atoms with E-state index in [1.807, 2.05) is 6.92 Å². The lowest BCUT2D eigenvalue weighted by molar-refractivity contribution is -0.120. The van der Waals surface area contributed by atoms with E-state index in [4.69, 9.17) is 0 Å². The highest BCUT2D eigenvalue weighted by atomic mass is 32.2. The number of benzene rings is 1. The zero-order valence-corrected chi connectivity index (χ0v) is 16.3. The predicted molar refractivity (Wildman–Crippen MR) is 104 cm³/mol. The molecule has 0 spiro atoms. The lowest BCUT2D eigenvalue weighted by atomic mass is 9.89. The van der Waals surface area contributed by atoms with Crippen LogP contribution in [-0.4, -0.2) is 27.9 Å². The van der Waals surface area contributed by atoms with Gasteiger partial charge >= 0.3 is 0 Å². The first-order chi connectivity index (χ1) is 12.6. The summed E-state index contributed by atoms with van der Waals surface area (Å²) in [5, 5.41) is 14.6. The third-order valence-corrected chi connectivity index (χ3v) is 6.44. The fourth-order valence-electron chi connectivity index (χ4n) is 2.98.